The molecule has 0 fully saturated rings. The van der Waals surface area contributed by atoms with Crippen molar-refractivity contribution in [2.24, 2.45) is 0 Å². The highest BCUT2D eigenvalue weighted by Crippen LogP contribution is 2.50. The normalized spacial score (nSPS) is 10.7. The molecular weight excluding hydrogens is 432 g/mol. The van der Waals surface area contributed by atoms with Crippen molar-refractivity contribution in [1.82, 2.24) is 0 Å². The minimum atomic E-state index is 0.0693. The minimum Gasteiger partial charge on any atom is -0.506 e. The molecule has 4 nitrogen and oxygen atoms in total. The molecule has 0 heterocycles. The Morgan fingerprint density at radius 3 is 1.20 bits per heavy atom. The topological polar surface area (TPSA) is 46.9 Å². The van der Waals surface area contributed by atoms with Gasteiger partial charge in [-0.05, 0) is 55.5 Å². The lowest BCUT2D eigenvalue weighted by molar-refractivity contribution is 0.459. The number of phenolic OH excluding ortho intramolecular Hbond substituents is 2. The SMILES string of the molecule is Cc1c(O)c(N(c2ccccc2)c2ccccc2)cc(O)c1N(c1ccccc1)c1ccccc1. The number of benzene rings is 5. The van der Waals surface area contributed by atoms with E-state index in [1.165, 1.54) is 0 Å². The van der Waals surface area contributed by atoms with Gasteiger partial charge in [0.2, 0.25) is 0 Å². The summed E-state index contributed by atoms with van der Waals surface area (Å²) in [5, 5.41) is 23.0. The molecule has 0 saturated carbocycles. The predicted molar refractivity (Wildman–Crippen MR) is 144 cm³/mol. The van der Waals surface area contributed by atoms with Crippen LogP contribution in [0.5, 0.6) is 11.5 Å². The number of hydrogen-bond acceptors (Lipinski definition) is 4. The number of aromatic hydroxyl groups is 2. The minimum absolute atomic E-state index is 0.0693. The van der Waals surface area contributed by atoms with Crippen molar-refractivity contribution in [2.45, 2.75) is 6.92 Å². The molecule has 5 rings (SSSR count). The fraction of sp³-hybridized carbons (Fsp3) is 0.0323. The van der Waals surface area contributed by atoms with Gasteiger partial charge < -0.3 is 20.0 Å². The van der Waals surface area contributed by atoms with Gasteiger partial charge in [-0.2, -0.15) is 0 Å². The van der Waals surface area contributed by atoms with Gasteiger partial charge in [-0.15, -0.1) is 0 Å². The second-order valence-corrected chi connectivity index (χ2v) is 8.25. The van der Waals surface area contributed by atoms with Crippen LogP contribution < -0.4 is 9.80 Å². The van der Waals surface area contributed by atoms with Crippen LogP contribution in [0.25, 0.3) is 0 Å². The summed E-state index contributed by atoms with van der Waals surface area (Å²) in [7, 11) is 0. The summed E-state index contributed by atoms with van der Waals surface area (Å²) in [4.78, 5) is 3.91. The van der Waals surface area contributed by atoms with Crippen LogP contribution in [-0.4, -0.2) is 10.2 Å². The van der Waals surface area contributed by atoms with Gasteiger partial charge in [0.1, 0.15) is 11.5 Å². The second-order valence-electron chi connectivity index (χ2n) is 8.25. The molecule has 0 aliphatic rings. The molecule has 0 atom stereocenters. The monoisotopic (exact) mass is 458 g/mol. The number of rotatable bonds is 6. The number of anilines is 6. The summed E-state index contributed by atoms with van der Waals surface area (Å²) in [5.74, 6) is 0.169. The van der Waals surface area contributed by atoms with Gasteiger partial charge in [0, 0.05) is 34.4 Å². The summed E-state index contributed by atoms with van der Waals surface area (Å²) in [6, 6.07) is 40.9. The summed E-state index contributed by atoms with van der Waals surface area (Å²) in [5.41, 5.74) is 5.13. The first-order valence-electron chi connectivity index (χ1n) is 11.5. The predicted octanol–water partition coefficient (Wildman–Crippen LogP) is 8.35. The van der Waals surface area contributed by atoms with Gasteiger partial charge in [-0.1, -0.05) is 72.8 Å². The van der Waals surface area contributed by atoms with Crippen molar-refractivity contribution in [3.05, 3.63) is 133 Å². The fourth-order valence-corrected chi connectivity index (χ4v) is 4.36. The third-order valence-electron chi connectivity index (χ3n) is 5.99. The Hall–Kier alpha value is -4.70. The Morgan fingerprint density at radius 2 is 0.829 bits per heavy atom. The van der Waals surface area contributed by atoms with Gasteiger partial charge in [-0.3, -0.25) is 0 Å². The Labute approximate surface area is 205 Å². The Kier molecular flexibility index (Phi) is 6.10. The zero-order valence-corrected chi connectivity index (χ0v) is 19.4. The largest absolute Gasteiger partial charge is 0.506 e. The van der Waals surface area contributed by atoms with Crippen molar-refractivity contribution in [3.63, 3.8) is 0 Å². The van der Waals surface area contributed by atoms with Crippen LogP contribution in [0.15, 0.2) is 127 Å². The van der Waals surface area contributed by atoms with Crippen molar-refractivity contribution in [1.29, 1.82) is 0 Å². The van der Waals surface area contributed by atoms with Gasteiger partial charge in [0.15, 0.2) is 0 Å². The molecule has 0 aliphatic heterocycles. The van der Waals surface area contributed by atoms with Crippen LogP contribution in [0, 0.1) is 6.92 Å². The zero-order valence-electron chi connectivity index (χ0n) is 19.4. The number of para-hydroxylation sites is 4. The molecule has 5 aromatic rings. The molecule has 0 aliphatic carbocycles. The molecule has 0 aromatic heterocycles. The van der Waals surface area contributed by atoms with E-state index in [0.717, 1.165) is 22.7 Å². The van der Waals surface area contributed by atoms with Crippen molar-refractivity contribution in [3.8, 4) is 11.5 Å². The smallest absolute Gasteiger partial charge is 0.144 e. The van der Waals surface area contributed by atoms with Crippen LogP contribution in [-0.2, 0) is 0 Å². The van der Waals surface area contributed by atoms with E-state index >= 15 is 0 Å². The van der Waals surface area contributed by atoms with E-state index in [9.17, 15) is 10.2 Å². The first kappa shape index (κ1) is 22.1. The lowest BCUT2D eigenvalue weighted by atomic mass is 10.0. The molecule has 2 N–H and O–H groups in total. The van der Waals surface area contributed by atoms with Gasteiger partial charge >= 0.3 is 0 Å². The molecule has 172 valence electrons. The summed E-state index contributed by atoms with van der Waals surface area (Å²) >= 11 is 0. The lowest BCUT2D eigenvalue weighted by Crippen LogP contribution is -2.14. The third-order valence-corrected chi connectivity index (χ3v) is 5.99. The van der Waals surface area contributed by atoms with E-state index in [1.807, 2.05) is 138 Å². The lowest BCUT2D eigenvalue weighted by Gasteiger charge is -2.31. The van der Waals surface area contributed by atoms with Gasteiger partial charge in [0.05, 0.1) is 11.4 Å². The molecule has 0 saturated heterocycles. The first-order chi connectivity index (χ1) is 17.1. The van der Waals surface area contributed by atoms with Gasteiger partial charge in [-0.25, -0.2) is 0 Å². The highest BCUT2D eigenvalue weighted by Gasteiger charge is 2.25. The van der Waals surface area contributed by atoms with Crippen molar-refractivity contribution < 1.29 is 10.2 Å². The highest BCUT2D eigenvalue weighted by atomic mass is 16.3. The summed E-state index contributed by atoms with van der Waals surface area (Å²) in [6.45, 7) is 1.83. The number of hydrogen-bond donors (Lipinski definition) is 2. The average Bonchev–Trinajstić information content (AvgIpc) is 2.92. The first-order valence-corrected chi connectivity index (χ1v) is 11.5. The third kappa shape index (κ3) is 4.30. The molecule has 0 radical (unpaired) electrons. The Morgan fingerprint density at radius 1 is 0.486 bits per heavy atom. The van der Waals surface area contributed by atoms with E-state index in [0.29, 0.717) is 16.9 Å². The molecule has 0 spiro atoms. The van der Waals surface area contributed by atoms with Gasteiger partial charge in [0.25, 0.3) is 0 Å². The van der Waals surface area contributed by atoms with Crippen molar-refractivity contribution >= 4 is 34.1 Å². The molecule has 35 heavy (non-hydrogen) atoms. The molecular formula is C31H26N2O2. The molecule has 0 unspecified atom stereocenters. The van der Waals surface area contributed by atoms with Crippen LogP contribution >= 0.6 is 0 Å². The maximum atomic E-state index is 11.6. The Bertz CT molecular complexity index is 1330. The maximum absolute atomic E-state index is 11.6. The summed E-state index contributed by atoms with van der Waals surface area (Å²) < 4.78 is 0. The zero-order chi connectivity index (χ0) is 24.2. The second kappa shape index (κ2) is 9.65. The summed E-state index contributed by atoms with van der Waals surface area (Å²) in [6.07, 6.45) is 0. The average molecular weight is 459 g/mol. The van der Waals surface area contributed by atoms with E-state index in [2.05, 4.69) is 0 Å². The molecule has 4 heteroatoms. The van der Waals surface area contributed by atoms with E-state index in [-0.39, 0.29) is 11.5 Å². The molecule has 0 amide bonds. The standard InChI is InChI=1S/C31H26N2O2/c1-23-30(33(26-18-10-4-11-19-26)27-20-12-5-13-21-27)29(34)22-28(31(23)35)32(24-14-6-2-7-15-24)25-16-8-3-9-17-25/h2-22,34-35H,1H3. The van der Waals surface area contributed by atoms with E-state index in [4.69, 9.17) is 0 Å². The maximum Gasteiger partial charge on any atom is 0.144 e. The van der Waals surface area contributed by atoms with Crippen LogP contribution in [0.1, 0.15) is 5.56 Å². The van der Waals surface area contributed by atoms with E-state index in [1.54, 1.807) is 6.07 Å². The van der Waals surface area contributed by atoms with E-state index < -0.39 is 0 Å². The van der Waals surface area contributed by atoms with Crippen LogP contribution in [0.2, 0.25) is 0 Å². The van der Waals surface area contributed by atoms with Crippen molar-refractivity contribution in [2.75, 3.05) is 9.80 Å². The number of nitrogens with zero attached hydrogens (tertiary/aromatic N) is 2. The molecule has 5 aromatic carbocycles. The molecule has 0 bridgehead atoms. The number of phenols is 2. The fourth-order valence-electron chi connectivity index (χ4n) is 4.36. The highest BCUT2D eigenvalue weighted by molar-refractivity contribution is 5.90. The van der Waals surface area contributed by atoms with Crippen LogP contribution in [0.4, 0.5) is 34.1 Å². The Balaban J connectivity index is 1.72. The quantitative estimate of drug-likeness (QED) is 0.251. The van der Waals surface area contributed by atoms with Crippen LogP contribution in [0.3, 0.4) is 0 Å².